The number of aromatic nitrogens is 8. The molecule has 0 atom stereocenters. The Balaban J connectivity index is 1.61. The van der Waals surface area contributed by atoms with Crippen molar-refractivity contribution in [3.8, 4) is 17.2 Å². The summed E-state index contributed by atoms with van der Waals surface area (Å²) in [6, 6.07) is 10.8. The zero-order valence-corrected chi connectivity index (χ0v) is 21.0. The Morgan fingerprint density at radius 3 is 2.32 bits per heavy atom. The summed E-state index contributed by atoms with van der Waals surface area (Å²) in [4.78, 5) is 4.84. The first-order valence-corrected chi connectivity index (χ1v) is 12.4. The van der Waals surface area contributed by atoms with Gasteiger partial charge < -0.3 is 4.57 Å². The molecular formula is C26H36N8. The van der Waals surface area contributed by atoms with Gasteiger partial charge in [-0.1, -0.05) is 59.6 Å². The predicted octanol–water partition coefficient (Wildman–Crippen LogP) is 5.28. The molecule has 0 amide bonds. The molecule has 180 valence electrons. The summed E-state index contributed by atoms with van der Waals surface area (Å²) in [5, 5.41) is 19.7. The molecule has 0 unspecified atom stereocenters. The third-order valence-corrected chi connectivity index (χ3v) is 6.10. The molecule has 0 fully saturated rings. The number of tetrazole rings is 1. The third-order valence-electron chi connectivity index (χ3n) is 6.10. The van der Waals surface area contributed by atoms with Crippen molar-refractivity contribution in [2.45, 2.75) is 85.1 Å². The van der Waals surface area contributed by atoms with Gasteiger partial charge in [-0.3, -0.25) is 0 Å². The van der Waals surface area contributed by atoms with Crippen LogP contribution in [0.3, 0.4) is 0 Å². The van der Waals surface area contributed by atoms with Gasteiger partial charge in [-0.05, 0) is 52.8 Å². The Kier molecular flexibility index (Phi) is 7.24. The number of hydrogen-bond donors (Lipinski definition) is 1. The van der Waals surface area contributed by atoms with Crippen LogP contribution in [-0.2, 0) is 24.8 Å². The number of rotatable bonds is 10. The molecule has 3 heterocycles. The van der Waals surface area contributed by atoms with Crippen molar-refractivity contribution in [2.24, 2.45) is 0 Å². The fourth-order valence-electron chi connectivity index (χ4n) is 4.19. The molecule has 0 bridgehead atoms. The first kappa shape index (κ1) is 23.9. The van der Waals surface area contributed by atoms with Crippen LogP contribution in [0.2, 0.25) is 0 Å². The number of nitrogens with one attached hydrogen (secondary N) is 1. The summed E-state index contributed by atoms with van der Waals surface area (Å²) in [5.74, 6) is 2.66. The number of hydrogen-bond acceptors (Lipinski definition) is 5. The molecule has 1 N–H and O–H groups in total. The number of aromatic amines is 1. The van der Waals surface area contributed by atoms with E-state index >= 15 is 0 Å². The van der Waals surface area contributed by atoms with E-state index in [1.54, 1.807) is 0 Å². The molecule has 1 aromatic carbocycles. The maximum Gasteiger partial charge on any atom is 0.221 e. The van der Waals surface area contributed by atoms with E-state index in [1.165, 1.54) is 11.1 Å². The Hall–Kier alpha value is -3.29. The molecule has 8 heteroatoms. The largest absolute Gasteiger partial charge is 0.313 e. The minimum absolute atomic E-state index is 0.0430. The van der Waals surface area contributed by atoms with Crippen molar-refractivity contribution < 1.29 is 0 Å². The maximum absolute atomic E-state index is 4.84. The Morgan fingerprint density at radius 2 is 1.68 bits per heavy atom. The lowest BCUT2D eigenvalue weighted by molar-refractivity contribution is 0.591. The molecule has 4 aromatic rings. The fraction of sp³-hybridized carbons (Fsp3) is 0.500. The van der Waals surface area contributed by atoms with Crippen LogP contribution in [0, 0.1) is 0 Å². The molecule has 0 radical (unpaired) electrons. The quantitative estimate of drug-likeness (QED) is 0.348. The molecular weight excluding hydrogens is 424 g/mol. The molecule has 0 aliphatic rings. The van der Waals surface area contributed by atoms with Gasteiger partial charge in [0.15, 0.2) is 5.82 Å². The van der Waals surface area contributed by atoms with E-state index in [0.717, 1.165) is 68.1 Å². The average molecular weight is 461 g/mol. The van der Waals surface area contributed by atoms with Gasteiger partial charge in [0, 0.05) is 24.7 Å². The van der Waals surface area contributed by atoms with Gasteiger partial charge in [-0.25, -0.2) is 9.67 Å². The van der Waals surface area contributed by atoms with E-state index in [0.29, 0.717) is 5.82 Å². The highest BCUT2D eigenvalue weighted by molar-refractivity contribution is 5.62. The standard InChI is InChI=1S/C26H36N8/c1-6-8-10-22-27-23(11-9-7-2)34(30-22)18-19-12-14-20(15-13-19)33-17-16-21(26(3,4)5)24(33)25-28-31-32-29-25/h12-17H,6-11,18H2,1-5H3,(H,28,29,31,32). The third kappa shape index (κ3) is 5.26. The molecule has 3 aromatic heterocycles. The summed E-state index contributed by atoms with van der Waals surface area (Å²) in [7, 11) is 0. The number of unbranched alkanes of at least 4 members (excludes halogenated alkanes) is 2. The van der Waals surface area contributed by atoms with Gasteiger partial charge in [-0.15, -0.1) is 10.2 Å². The zero-order valence-electron chi connectivity index (χ0n) is 21.0. The van der Waals surface area contributed by atoms with Crippen LogP contribution >= 0.6 is 0 Å². The first-order valence-electron chi connectivity index (χ1n) is 12.4. The van der Waals surface area contributed by atoms with Crippen molar-refractivity contribution in [2.75, 3.05) is 0 Å². The van der Waals surface area contributed by atoms with Crippen molar-refractivity contribution >= 4 is 0 Å². The lowest BCUT2D eigenvalue weighted by atomic mass is 9.87. The highest BCUT2D eigenvalue weighted by Crippen LogP contribution is 2.34. The van der Waals surface area contributed by atoms with E-state index in [4.69, 9.17) is 10.1 Å². The van der Waals surface area contributed by atoms with Crippen molar-refractivity contribution in [3.63, 3.8) is 0 Å². The summed E-state index contributed by atoms with van der Waals surface area (Å²) < 4.78 is 4.23. The van der Waals surface area contributed by atoms with Gasteiger partial charge in [-0.2, -0.15) is 10.3 Å². The van der Waals surface area contributed by atoms with Gasteiger partial charge in [0.1, 0.15) is 5.82 Å². The summed E-state index contributed by atoms with van der Waals surface area (Å²) in [6.45, 7) is 11.7. The molecule has 34 heavy (non-hydrogen) atoms. The Bertz CT molecular complexity index is 1180. The van der Waals surface area contributed by atoms with Crippen molar-refractivity contribution in [3.05, 3.63) is 59.3 Å². The van der Waals surface area contributed by atoms with E-state index in [1.807, 2.05) is 0 Å². The second-order valence-electron chi connectivity index (χ2n) is 9.91. The maximum atomic E-state index is 4.84. The summed E-state index contributed by atoms with van der Waals surface area (Å²) >= 11 is 0. The van der Waals surface area contributed by atoms with Crippen LogP contribution in [0.15, 0.2) is 36.5 Å². The molecule has 8 nitrogen and oxygen atoms in total. The summed E-state index contributed by atoms with van der Waals surface area (Å²) in [6.07, 6.45) is 8.58. The molecule has 0 aliphatic heterocycles. The van der Waals surface area contributed by atoms with Crippen LogP contribution in [0.1, 0.15) is 83.1 Å². The average Bonchev–Trinajstić information content (AvgIpc) is 3.56. The molecule has 0 saturated carbocycles. The topological polar surface area (TPSA) is 90.1 Å². The first-order chi connectivity index (χ1) is 16.4. The van der Waals surface area contributed by atoms with Crippen LogP contribution < -0.4 is 0 Å². The van der Waals surface area contributed by atoms with Crippen LogP contribution in [0.4, 0.5) is 0 Å². The smallest absolute Gasteiger partial charge is 0.221 e. The SMILES string of the molecule is CCCCc1nc(CCCC)n(Cc2ccc(-n3ccc(C(C)(C)C)c3-c3nn[nH]n3)cc2)n1. The van der Waals surface area contributed by atoms with Gasteiger partial charge >= 0.3 is 0 Å². The van der Waals surface area contributed by atoms with Gasteiger partial charge in [0.05, 0.1) is 12.2 Å². The molecule has 0 spiro atoms. The number of aryl methyl sites for hydroxylation is 2. The second kappa shape index (κ2) is 10.3. The van der Waals surface area contributed by atoms with E-state index in [9.17, 15) is 0 Å². The fourth-order valence-corrected chi connectivity index (χ4v) is 4.19. The second-order valence-corrected chi connectivity index (χ2v) is 9.91. The van der Waals surface area contributed by atoms with E-state index in [2.05, 4.69) is 101 Å². The highest BCUT2D eigenvalue weighted by atomic mass is 15.5. The van der Waals surface area contributed by atoms with Crippen LogP contribution in [0.5, 0.6) is 0 Å². The predicted molar refractivity (Wildman–Crippen MR) is 134 cm³/mol. The highest BCUT2D eigenvalue weighted by Gasteiger charge is 2.25. The molecule has 0 saturated heterocycles. The minimum atomic E-state index is -0.0430. The van der Waals surface area contributed by atoms with Crippen LogP contribution in [-0.4, -0.2) is 40.0 Å². The van der Waals surface area contributed by atoms with Gasteiger partial charge in [0.25, 0.3) is 0 Å². The summed E-state index contributed by atoms with van der Waals surface area (Å²) in [5.41, 5.74) is 4.37. The zero-order chi connectivity index (χ0) is 24.1. The minimum Gasteiger partial charge on any atom is -0.313 e. The van der Waals surface area contributed by atoms with Crippen molar-refractivity contribution in [1.82, 2.24) is 40.0 Å². The normalized spacial score (nSPS) is 11.9. The van der Waals surface area contributed by atoms with Crippen LogP contribution in [0.25, 0.3) is 17.2 Å². The number of nitrogens with zero attached hydrogens (tertiary/aromatic N) is 7. The monoisotopic (exact) mass is 460 g/mol. The number of H-pyrrole nitrogens is 1. The lowest BCUT2D eigenvalue weighted by Gasteiger charge is -2.19. The molecule has 4 rings (SSSR count). The van der Waals surface area contributed by atoms with E-state index in [-0.39, 0.29) is 5.41 Å². The number of benzene rings is 1. The Labute approximate surface area is 201 Å². The molecule has 0 aliphatic carbocycles. The van der Waals surface area contributed by atoms with Crippen molar-refractivity contribution in [1.29, 1.82) is 0 Å². The van der Waals surface area contributed by atoms with E-state index < -0.39 is 0 Å². The van der Waals surface area contributed by atoms with Gasteiger partial charge in [0.2, 0.25) is 5.82 Å². The lowest BCUT2D eigenvalue weighted by Crippen LogP contribution is -2.13. The Morgan fingerprint density at radius 1 is 0.941 bits per heavy atom.